The third kappa shape index (κ3) is 1.98. The van der Waals surface area contributed by atoms with Crippen LogP contribution >= 0.6 is 11.8 Å². The molecule has 2 aromatic heterocycles. The third-order valence-corrected chi connectivity index (χ3v) is 2.55. The molecule has 0 amide bonds. The number of rotatable bonds is 2. The molecular formula is C10H10O2S. The lowest BCUT2D eigenvalue weighted by Gasteiger charge is -1.88. The molecule has 68 valence electrons. The first kappa shape index (κ1) is 8.51. The Labute approximate surface area is 80.9 Å². The highest BCUT2D eigenvalue weighted by Crippen LogP contribution is 2.30. The number of furan rings is 2. The molecule has 0 fully saturated rings. The summed E-state index contributed by atoms with van der Waals surface area (Å²) in [4.78, 5) is 2.22. The predicted molar refractivity (Wildman–Crippen MR) is 51.0 cm³/mol. The monoisotopic (exact) mass is 194 g/mol. The maximum absolute atomic E-state index is 5.19. The molecule has 0 aliphatic carbocycles. The van der Waals surface area contributed by atoms with E-state index >= 15 is 0 Å². The number of hydrogen-bond donors (Lipinski definition) is 0. The maximum Gasteiger partial charge on any atom is 0.105 e. The minimum Gasteiger partial charge on any atom is -0.468 e. The van der Waals surface area contributed by atoms with Gasteiger partial charge in [-0.1, -0.05) is 11.8 Å². The summed E-state index contributed by atoms with van der Waals surface area (Å²) < 4.78 is 10.4. The quantitative estimate of drug-likeness (QED) is 0.730. The molecule has 0 spiro atoms. The largest absolute Gasteiger partial charge is 0.468 e. The van der Waals surface area contributed by atoms with Crippen molar-refractivity contribution in [1.82, 2.24) is 0 Å². The van der Waals surface area contributed by atoms with Crippen LogP contribution in [0.25, 0.3) is 0 Å². The Balaban J connectivity index is 2.14. The average Bonchev–Trinajstić information content (AvgIpc) is 2.62. The van der Waals surface area contributed by atoms with Gasteiger partial charge in [0.25, 0.3) is 0 Å². The second kappa shape index (κ2) is 3.34. The van der Waals surface area contributed by atoms with Gasteiger partial charge >= 0.3 is 0 Å². The summed E-state index contributed by atoms with van der Waals surface area (Å²) in [6.45, 7) is 3.87. The van der Waals surface area contributed by atoms with E-state index in [1.807, 2.05) is 26.0 Å². The van der Waals surface area contributed by atoms with Crippen LogP contribution in [0.2, 0.25) is 0 Å². The van der Waals surface area contributed by atoms with Crippen molar-refractivity contribution in [2.45, 2.75) is 23.6 Å². The van der Waals surface area contributed by atoms with Crippen molar-refractivity contribution in [3.63, 3.8) is 0 Å². The normalized spacial score (nSPS) is 10.6. The summed E-state index contributed by atoms with van der Waals surface area (Å²) >= 11 is 1.64. The molecule has 0 radical (unpaired) electrons. The Kier molecular flexibility index (Phi) is 2.19. The highest BCUT2D eigenvalue weighted by atomic mass is 32.2. The second-order valence-electron chi connectivity index (χ2n) is 2.89. The second-order valence-corrected chi connectivity index (χ2v) is 4.04. The summed E-state index contributed by atoms with van der Waals surface area (Å²) in [6, 6.07) is 4.01. The zero-order valence-electron chi connectivity index (χ0n) is 7.53. The Morgan fingerprint density at radius 1 is 0.923 bits per heavy atom. The molecule has 2 aromatic rings. The summed E-state index contributed by atoms with van der Waals surface area (Å²) in [6.07, 6.45) is 3.50. The van der Waals surface area contributed by atoms with Crippen LogP contribution in [-0.4, -0.2) is 0 Å². The molecule has 0 atom stereocenters. The van der Waals surface area contributed by atoms with Crippen molar-refractivity contribution in [3.05, 3.63) is 36.2 Å². The van der Waals surface area contributed by atoms with Gasteiger partial charge in [0.1, 0.15) is 24.0 Å². The van der Waals surface area contributed by atoms with Crippen molar-refractivity contribution in [2.24, 2.45) is 0 Å². The van der Waals surface area contributed by atoms with Gasteiger partial charge in [0.15, 0.2) is 0 Å². The zero-order valence-corrected chi connectivity index (χ0v) is 8.35. The van der Waals surface area contributed by atoms with E-state index in [1.165, 1.54) is 0 Å². The van der Waals surface area contributed by atoms with Crippen molar-refractivity contribution in [3.8, 4) is 0 Å². The van der Waals surface area contributed by atoms with E-state index in [2.05, 4.69) is 0 Å². The summed E-state index contributed by atoms with van der Waals surface area (Å²) in [5, 5.41) is 0. The van der Waals surface area contributed by atoms with Gasteiger partial charge in [-0.15, -0.1) is 0 Å². The molecule has 2 heterocycles. The first-order valence-electron chi connectivity index (χ1n) is 4.02. The Bertz CT molecular complexity index is 362. The lowest BCUT2D eigenvalue weighted by atomic mass is 10.5. The fourth-order valence-corrected chi connectivity index (χ4v) is 2.00. The molecule has 0 saturated heterocycles. The highest BCUT2D eigenvalue weighted by Gasteiger charge is 2.02. The van der Waals surface area contributed by atoms with Gasteiger partial charge < -0.3 is 8.83 Å². The average molecular weight is 194 g/mol. The lowest BCUT2D eigenvalue weighted by molar-refractivity contribution is 0.529. The molecule has 0 unspecified atom stereocenters. The molecular weight excluding hydrogens is 184 g/mol. The Morgan fingerprint density at radius 2 is 1.38 bits per heavy atom. The van der Waals surface area contributed by atoms with Crippen LogP contribution in [0.5, 0.6) is 0 Å². The summed E-state index contributed by atoms with van der Waals surface area (Å²) in [5.74, 6) is 1.87. The van der Waals surface area contributed by atoms with Gasteiger partial charge in [0, 0.05) is 0 Å². The van der Waals surface area contributed by atoms with Crippen LogP contribution in [0.4, 0.5) is 0 Å². The van der Waals surface area contributed by atoms with E-state index in [0.717, 1.165) is 21.3 Å². The van der Waals surface area contributed by atoms with E-state index in [9.17, 15) is 0 Å². The zero-order chi connectivity index (χ0) is 9.26. The predicted octanol–water partition coefficient (Wildman–Crippen LogP) is 3.64. The Morgan fingerprint density at radius 3 is 1.69 bits per heavy atom. The van der Waals surface area contributed by atoms with E-state index in [1.54, 1.807) is 24.3 Å². The summed E-state index contributed by atoms with van der Waals surface area (Å²) in [5.41, 5.74) is 0. The molecule has 0 aliphatic heterocycles. The van der Waals surface area contributed by atoms with Gasteiger partial charge in [-0.2, -0.15) is 0 Å². The van der Waals surface area contributed by atoms with Gasteiger partial charge in [-0.25, -0.2) is 0 Å². The van der Waals surface area contributed by atoms with Gasteiger partial charge in [0.05, 0.1) is 9.79 Å². The van der Waals surface area contributed by atoms with Crippen LogP contribution in [0.3, 0.4) is 0 Å². The topological polar surface area (TPSA) is 26.3 Å². The molecule has 0 aliphatic rings. The molecule has 0 aromatic carbocycles. The minimum atomic E-state index is 0.933. The van der Waals surface area contributed by atoms with E-state index in [0.29, 0.717) is 0 Å². The molecule has 2 nitrogen and oxygen atoms in total. The number of hydrogen-bond acceptors (Lipinski definition) is 3. The van der Waals surface area contributed by atoms with Crippen molar-refractivity contribution in [1.29, 1.82) is 0 Å². The first-order chi connectivity index (χ1) is 6.24. The lowest BCUT2D eigenvalue weighted by Crippen LogP contribution is -1.62. The highest BCUT2D eigenvalue weighted by molar-refractivity contribution is 7.99. The minimum absolute atomic E-state index is 0.933. The van der Waals surface area contributed by atoms with Gasteiger partial charge in [0.2, 0.25) is 0 Å². The van der Waals surface area contributed by atoms with E-state index in [4.69, 9.17) is 8.83 Å². The summed E-state index contributed by atoms with van der Waals surface area (Å²) in [7, 11) is 0. The van der Waals surface area contributed by atoms with Crippen LogP contribution in [0.15, 0.2) is 43.3 Å². The fraction of sp³-hybridized carbons (Fsp3) is 0.200. The van der Waals surface area contributed by atoms with Crippen LogP contribution < -0.4 is 0 Å². The van der Waals surface area contributed by atoms with Crippen LogP contribution in [0, 0.1) is 13.8 Å². The maximum atomic E-state index is 5.19. The van der Waals surface area contributed by atoms with Crippen molar-refractivity contribution in [2.75, 3.05) is 0 Å². The van der Waals surface area contributed by atoms with Crippen LogP contribution in [-0.2, 0) is 0 Å². The fourth-order valence-electron chi connectivity index (χ4n) is 1.08. The molecule has 0 N–H and O–H groups in total. The Hall–Kier alpha value is -1.09. The molecule has 0 saturated carbocycles. The first-order valence-corrected chi connectivity index (χ1v) is 4.84. The molecule has 2 rings (SSSR count). The van der Waals surface area contributed by atoms with Crippen molar-refractivity contribution >= 4 is 11.8 Å². The SMILES string of the molecule is Cc1cc(Sc2coc(C)c2)co1. The van der Waals surface area contributed by atoms with E-state index < -0.39 is 0 Å². The molecule has 0 bridgehead atoms. The molecule has 3 heteroatoms. The third-order valence-electron chi connectivity index (χ3n) is 1.65. The van der Waals surface area contributed by atoms with Gasteiger partial charge in [-0.05, 0) is 26.0 Å². The smallest absolute Gasteiger partial charge is 0.105 e. The molecule has 13 heavy (non-hydrogen) atoms. The van der Waals surface area contributed by atoms with Crippen LogP contribution in [0.1, 0.15) is 11.5 Å². The van der Waals surface area contributed by atoms with Crippen molar-refractivity contribution < 1.29 is 8.83 Å². The van der Waals surface area contributed by atoms with Gasteiger partial charge in [-0.3, -0.25) is 0 Å². The standard InChI is InChI=1S/C10H10O2S/c1-7-3-9(5-11-7)13-10-4-8(2)12-6-10/h3-6H,1-2H3. The number of aryl methyl sites for hydroxylation is 2. The van der Waals surface area contributed by atoms with E-state index in [-0.39, 0.29) is 0 Å².